The van der Waals surface area contributed by atoms with Crippen LogP contribution in [0.2, 0.25) is 0 Å². The number of carbonyl (C=O) groups excluding carboxylic acids is 1. The summed E-state index contributed by atoms with van der Waals surface area (Å²) in [7, 11) is 1.91. The molecule has 0 N–H and O–H groups in total. The van der Waals surface area contributed by atoms with Crippen LogP contribution >= 0.6 is 0 Å². The van der Waals surface area contributed by atoms with Crippen LogP contribution in [0.1, 0.15) is 29.9 Å². The van der Waals surface area contributed by atoms with Gasteiger partial charge in [0.1, 0.15) is 11.5 Å². The smallest absolute Gasteiger partial charge is 0.231 e. The number of furan rings is 1. The summed E-state index contributed by atoms with van der Waals surface area (Å²) in [6.45, 7) is 6.02. The normalized spacial score (nSPS) is 17.1. The molecule has 0 atom stereocenters. The molecule has 1 aromatic heterocycles. The lowest BCUT2D eigenvalue weighted by Crippen LogP contribution is -2.39. The van der Waals surface area contributed by atoms with Gasteiger partial charge in [-0.15, -0.1) is 0 Å². The fourth-order valence-corrected chi connectivity index (χ4v) is 3.97. The number of rotatable bonds is 6. The van der Waals surface area contributed by atoms with Gasteiger partial charge < -0.3 is 18.8 Å². The summed E-state index contributed by atoms with van der Waals surface area (Å²) in [4.78, 5) is 16.9. The third-order valence-corrected chi connectivity index (χ3v) is 5.63. The number of likely N-dealkylation sites (tertiary alicyclic amines) is 1. The van der Waals surface area contributed by atoms with Crippen molar-refractivity contribution in [1.82, 2.24) is 9.80 Å². The van der Waals surface area contributed by atoms with Crippen molar-refractivity contribution in [2.45, 2.75) is 32.7 Å². The Hall–Kier alpha value is -2.47. The highest BCUT2D eigenvalue weighted by molar-refractivity contribution is 5.78. The molecule has 2 aliphatic heterocycles. The van der Waals surface area contributed by atoms with Gasteiger partial charge in [-0.1, -0.05) is 6.07 Å². The van der Waals surface area contributed by atoms with Crippen LogP contribution in [0.15, 0.2) is 34.7 Å². The molecule has 3 heterocycles. The molecule has 0 spiro atoms. The molecule has 1 fully saturated rings. The van der Waals surface area contributed by atoms with E-state index >= 15 is 0 Å². The van der Waals surface area contributed by atoms with E-state index < -0.39 is 0 Å². The van der Waals surface area contributed by atoms with Gasteiger partial charge in [0, 0.05) is 13.6 Å². The van der Waals surface area contributed by atoms with Crippen molar-refractivity contribution in [2.24, 2.45) is 5.92 Å². The predicted octanol–water partition coefficient (Wildman–Crippen LogP) is 3.23. The molecule has 28 heavy (non-hydrogen) atoms. The van der Waals surface area contributed by atoms with Crippen LogP contribution in [-0.4, -0.2) is 49.2 Å². The summed E-state index contributed by atoms with van der Waals surface area (Å²) in [5, 5.41) is 0. The summed E-state index contributed by atoms with van der Waals surface area (Å²) in [6, 6.07) is 9.80. The number of nitrogens with zero attached hydrogens (tertiary/aromatic N) is 2. The number of carbonyl (C=O) groups is 1. The van der Waals surface area contributed by atoms with E-state index in [1.165, 1.54) is 0 Å². The van der Waals surface area contributed by atoms with Crippen molar-refractivity contribution in [3.05, 3.63) is 47.4 Å². The van der Waals surface area contributed by atoms with Crippen molar-refractivity contribution in [1.29, 1.82) is 0 Å². The second kappa shape index (κ2) is 8.27. The first kappa shape index (κ1) is 18.9. The maximum absolute atomic E-state index is 12.6. The van der Waals surface area contributed by atoms with Gasteiger partial charge in [0.15, 0.2) is 11.5 Å². The highest BCUT2D eigenvalue weighted by Gasteiger charge is 2.23. The Morgan fingerprint density at radius 2 is 1.93 bits per heavy atom. The zero-order valence-electron chi connectivity index (χ0n) is 16.6. The molecule has 0 radical (unpaired) electrons. The summed E-state index contributed by atoms with van der Waals surface area (Å²) >= 11 is 0. The Kier molecular flexibility index (Phi) is 5.57. The Bertz CT molecular complexity index is 824. The van der Waals surface area contributed by atoms with E-state index in [1.54, 1.807) is 0 Å². The number of amides is 1. The first-order valence-electron chi connectivity index (χ1n) is 9.97. The van der Waals surface area contributed by atoms with Gasteiger partial charge in [-0.2, -0.15) is 0 Å². The van der Waals surface area contributed by atoms with Crippen molar-refractivity contribution in [2.75, 3.05) is 33.5 Å². The minimum Gasteiger partial charge on any atom is -0.465 e. The second-order valence-corrected chi connectivity index (χ2v) is 7.87. The molecule has 6 heteroatoms. The topological polar surface area (TPSA) is 55.2 Å². The lowest BCUT2D eigenvalue weighted by molar-refractivity contribution is -0.129. The first-order chi connectivity index (χ1) is 13.6. The summed E-state index contributed by atoms with van der Waals surface area (Å²) in [5.74, 6) is 4.18. The molecule has 2 aromatic rings. The van der Waals surface area contributed by atoms with Gasteiger partial charge in [0.25, 0.3) is 0 Å². The van der Waals surface area contributed by atoms with Crippen LogP contribution in [0.25, 0.3) is 0 Å². The van der Waals surface area contributed by atoms with E-state index in [0.717, 1.165) is 67.6 Å². The number of benzene rings is 1. The molecule has 0 aliphatic carbocycles. The maximum atomic E-state index is 12.6. The second-order valence-electron chi connectivity index (χ2n) is 7.87. The summed E-state index contributed by atoms with van der Waals surface area (Å²) in [5.41, 5.74) is 0.963. The molecule has 6 nitrogen and oxygen atoms in total. The Morgan fingerprint density at radius 1 is 1.14 bits per heavy atom. The largest absolute Gasteiger partial charge is 0.465 e. The Balaban J connectivity index is 1.22. The van der Waals surface area contributed by atoms with Crippen LogP contribution in [0.3, 0.4) is 0 Å². The highest BCUT2D eigenvalue weighted by Crippen LogP contribution is 2.32. The number of aryl methyl sites for hydroxylation is 1. The average molecular weight is 384 g/mol. The monoisotopic (exact) mass is 384 g/mol. The van der Waals surface area contributed by atoms with E-state index in [0.29, 0.717) is 12.3 Å². The molecule has 1 saturated heterocycles. The number of hydrogen-bond acceptors (Lipinski definition) is 5. The van der Waals surface area contributed by atoms with Crippen molar-refractivity contribution in [3.8, 4) is 11.5 Å². The van der Waals surface area contributed by atoms with Gasteiger partial charge in [0.2, 0.25) is 12.7 Å². The fraction of sp³-hybridized carbons (Fsp3) is 0.500. The molecular weight excluding hydrogens is 356 g/mol. The highest BCUT2D eigenvalue weighted by atomic mass is 16.7. The standard InChI is InChI=1S/C22H28N2O4/c1-16-3-5-19(28-16)14-24-9-7-17(8-10-24)13-23(2)22(25)12-18-4-6-20-21(11-18)27-15-26-20/h3-6,11,17H,7-10,12-15H2,1-2H3. The predicted molar refractivity (Wildman–Crippen MR) is 105 cm³/mol. The van der Waals surface area contributed by atoms with E-state index in [4.69, 9.17) is 13.9 Å². The van der Waals surface area contributed by atoms with E-state index in [-0.39, 0.29) is 12.7 Å². The molecule has 2 aliphatic rings. The van der Waals surface area contributed by atoms with Crippen LogP contribution < -0.4 is 9.47 Å². The van der Waals surface area contributed by atoms with Gasteiger partial charge in [-0.3, -0.25) is 9.69 Å². The lowest BCUT2D eigenvalue weighted by Gasteiger charge is -2.33. The van der Waals surface area contributed by atoms with E-state index in [9.17, 15) is 4.79 Å². The lowest BCUT2D eigenvalue weighted by atomic mass is 9.96. The fourth-order valence-electron chi connectivity index (χ4n) is 3.97. The molecule has 0 bridgehead atoms. The Labute approximate surface area is 166 Å². The minimum absolute atomic E-state index is 0.146. The zero-order chi connectivity index (χ0) is 19.5. The minimum atomic E-state index is 0.146. The molecule has 4 rings (SSSR count). The maximum Gasteiger partial charge on any atom is 0.231 e. The van der Waals surface area contributed by atoms with Gasteiger partial charge in [0.05, 0.1) is 13.0 Å². The number of hydrogen-bond donors (Lipinski definition) is 0. The first-order valence-corrected chi connectivity index (χ1v) is 9.97. The third kappa shape index (κ3) is 4.50. The van der Waals surface area contributed by atoms with Crippen LogP contribution in [-0.2, 0) is 17.8 Å². The van der Waals surface area contributed by atoms with E-state index in [1.807, 2.05) is 43.1 Å². The quantitative estimate of drug-likeness (QED) is 0.765. The van der Waals surface area contributed by atoms with Gasteiger partial charge in [-0.25, -0.2) is 0 Å². The Morgan fingerprint density at radius 3 is 2.68 bits per heavy atom. The number of ether oxygens (including phenoxy) is 2. The van der Waals surface area contributed by atoms with Crippen LogP contribution in [0.5, 0.6) is 11.5 Å². The summed E-state index contributed by atoms with van der Waals surface area (Å²) < 4.78 is 16.4. The van der Waals surface area contributed by atoms with E-state index in [2.05, 4.69) is 11.0 Å². The van der Waals surface area contributed by atoms with Crippen LogP contribution in [0.4, 0.5) is 0 Å². The summed E-state index contributed by atoms with van der Waals surface area (Å²) in [6.07, 6.45) is 2.62. The molecule has 1 aromatic carbocycles. The number of fused-ring (bicyclic) bond motifs is 1. The SMILES string of the molecule is Cc1ccc(CN2CCC(CN(C)C(=O)Cc3ccc4c(c3)OCO4)CC2)o1. The van der Waals surface area contributed by atoms with Crippen molar-refractivity contribution >= 4 is 5.91 Å². The molecule has 0 unspecified atom stereocenters. The molecular formula is C22H28N2O4. The van der Waals surface area contributed by atoms with Crippen molar-refractivity contribution in [3.63, 3.8) is 0 Å². The van der Waals surface area contributed by atoms with Gasteiger partial charge >= 0.3 is 0 Å². The number of likely N-dealkylation sites (N-methyl/N-ethyl adjacent to an activating group) is 1. The average Bonchev–Trinajstić information content (AvgIpc) is 3.31. The van der Waals surface area contributed by atoms with Crippen molar-refractivity contribution < 1.29 is 18.7 Å². The molecule has 0 saturated carbocycles. The zero-order valence-corrected chi connectivity index (χ0v) is 16.6. The molecule has 1 amide bonds. The van der Waals surface area contributed by atoms with Crippen LogP contribution in [0, 0.1) is 12.8 Å². The van der Waals surface area contributed by atoms with Gasteiger partial charge in [-0.05, 0) is 68.6 Å². The number of piperidine rings is 1. The molecule has 150 valence electrons. The third-order valence-electron chi connectivity index (χ3n) is 5.63.